The molecule has 1 rings (SSSR count). The molecule has 0 saturated carbocycles. The highest BCUT2D eigenvalue weighted by atomic mass is 31.2. The summed E-state index contributed by atoms with van der Waals surface area (Å²) in [6.07, 6.45) is 1.33. The van der Waals surface area contributed by atoms with Crippen LogP contribution < -0.4 is 0 Å². The minimum Gasteiger partial charge on any atom is -0.307 e. The van der Waals surface area contributed by atoms with E-state index in [0.29, 0.717) is 12.8 Å². The molecule has 1 fully saturated rings. The Kier molecular flexibility index (Phi) is 4.14. The molecule has 13 heavy (non-hydrogen) atoms. The molecule has 0 amide bonds. The molecule has 0 aromatic rings. The Hall–Kier alpha value is 0.340. The molecule has 2 unspecified atom stereocenters. The molecule has 0 spiro atoms. The Morgan fingerprint density at radius 3 is 2.38 bits per heavy atom. The summed E-state index contributed by atoms with van der Waals surface area (Å²) in [7, 11) is -5.26. The third kappa shape index (κ3) is 2.90. The van der Waals surface area contributed by atoms with Gasteiger partial charge in [0.15, 0.2) is 0 Å². The minimum atomic E-state index is -2.65. The average molecular weight is 228 g/mol. The van der Waals surface area contributed by atoms with Crippen molar-refractivity contribution in [1.29, 1.82) is 0 Å². The molecule has 1 saturated heterocycles. The van der Waals surface area contributed by atoms with Gasteiger partial charge < -0.3 is 9.05 Å². The lowest BCUT2D eigenvalue weighted by atomic mass is 9.99. The maximum atomic E-state index is 11.1. The third-order valence-electron chi connectivity index (χ3n) is 2.21. The molecule has 0 bridgehead atoms. The van der Waals surface area contributed by atoms with E-state index in [1.165, 1.54) is 0 Å². The maximum Gasteiger partial charge on any atom is 0.326 e. The molecule has 1 aliphatic rings. The number of hydrogen-bond acceptors (Lipinski definition) is 5. The lowest BCUT2D eigenvalue weighted by Gasteiger charge is -2.27. The van der Waals surface area contributed by atoms with E-state index in [1.807, 2.05) is 13.8 Å². The molecule has 0 N–H and O–H groups in total. The Labute approximate surface area is 78.7 Å². The van der Waals surface area contributed by atoms with Gasteiger partial charge in [-0.15, -0.1) is 0 Å². The highest BCUT2D eigenvalue weighted by Gasteiger charge is 2.34. The van der Waals surface area contributed by atoms with E-state index in [1.54, 1.807) is 0 Å². The molecule has 2 atom stereocenters. The van der Waals surface area contributed by atoms with E-state index in [-0.39, 0.29) is 6.61 Å². The number of hydrogen-bond donors (Lipinski definition) is 0. The summed E-state index contributed by atoms with van der Waals surface area (Å²) < 4.78 is 36.6. The van der Waals surface area contributed by atoms with Gasteiger partial charge in [0.25, 0.3) is 0 Å². The van der Waals surface area contributed by atoms with Crippen molar-refractivity contribution in [2.45, 2.75) is 32.3 Å². The van der Waals surface area contributed by atoms with E-state index in [9.17, 15) is 9.13 Å². The quantitative estimate of drug-likeness (QED) is 0.679. The van der Waals surface area contributed by atoms with E-state index in [0.717, 1.165) is 0 Å². The van der Waals surface area contributed by atoms with Gasteiger partial charge in [0.2, 0.25) is 0 Å². The zero-order valence-electron chi connectivity index (χ0n) is 7.66. The number of rotatable bonds is 2. The van der Waals surface area contributed by atoms with Crippen LogP contribution in [0.5, 0.6) is 0 Å². The summed E-state index contributed by atoms with van der Waals surface area (Å²) in [5, 5.41) is 0. The van der Waals surface area contributed by atoms with E-state index in [4.69, 9.17) is 9.05 Å². The topological polar surface area (TPSA) is 61.8 Å². The molecule has 1 heterocycles. The van der Waals surface area contributed by atoms with Gasteiger partial charge in [-0.1, -0.05) is 13.8 Å². The molecule has 0 aromatic heterocycles. The Morgan fingerprint density at radius 1 is 1.23 bits per heavy atom. The maximum absolute atomic E-state index is 11.1. The van der Waals surface area contributed by atoms with Gasteiger partial charge in [0.1, 0.15) is 5.60 Å². The van der Waals surface area contributed by atoms with Crippen molar-refractivity contribution in [3.05, 3.63) is 0 Å². The van der Waals surface area contributed by atoms with Crippen molar-refractivity contribution < 1.29 is 22.5 Å². The van der Waals surface area contributed by atoms with Crippen molar-refractivity contribution in [1.82, 2.24) is 0 Å². The van der Waals surface area contributed by atoms with Gasteiger partial charge in [0, 0.05) is 0 Å². The van der Waals surface area contributed by atoms with Gasteiger partial charge >= 0.3 is 16.5 Å². The Balaban J connectivity index is 2.76. The fraction of sp³-hybridized carbons (Fsp3) is 1.00. The second-order valence-corrected chi connectivity index (χ2v) is 5.19. The van der Waals surface area contributed by atoms with Crippen LogP contribution in [-0.4, -0.2) is 12.2 Å². The van der Waals surface area contributed by atoms with Crippen LogP contribution in [0.15, 0.2) is 0 Å². The van der Waals surface area contributed by atoms with E-state index in [2.05, 4.69) is 4.31 Å². The molecule has 78 valence electrons. The zero-order chi connectivity index (χ0) is 9.90. The van der Waals surface area contributed by atoms with E-state index < -0.39 is 22.1 Å². The molecule has 0 aromatic carbocycles. The third-order valence-corrected chi connectivity index (χ3v) is 4.52. The standard InChI is InChI=1S/C6H14O5P2/c1-3-6(4-2)5-9-12(7)11-13(8)10-6/h12-13H,3-5H2,1-2H3. The predicted octanol–water partition coefficient (Wildman–Crippen LogP) is 2.39. The largest absolute Gasteiger partial charge is 0.326 e. The van der Waals surface area contributed by atoms with Crippen LogP contribution in [0.4, 0.5) is 0 Å². The fourth-order valence-corrected chi connectivity index (χ4v) is 3.14. The van der Waals surface area contributed by atoms with Crippen LogP contribution in [0.2, 0.25) is 0 Å². The summed E-state index contributed by atoms with van der Waals surface area (Å²) >= 11 is 0. The molecule has 7 heteroatoms. The van der Waals surface area contributed by atoms with Crippen LogP contribution >= 0.6 is 16.5 Å². The summed E-state index contributed by atoms with van der Waals surface area (Å²) in [6.45, 7) is 4.00. The highest BCUT2D eigenvalue weighted by molar-refractivity contribution is 7.47. The molecule has 0 aliphatic carbocycles. The lowest BCUT2D eigenvalue weighted by Crippen LogP contribution is -2.32. The monoisotopic (exact) mass is 228 g/mol. The van der Waals surface area contributed by atoms with Crippen LogP contribution in [0, 0.1) is 0 Å². The summed E-state index contributed by atoms with van der Waals surface area (Å²) in [6, 6.07) is 0. The minimum absolute atomic E-state index is 0.189. The molecule has 1 aliphatic heterocycles. The van der Waals surface area contributed by atoms with Gasteiger partial charge in [-0.2, -0.15) is 0 Å². The predicted molar refractivity (Wildman–Crippen MR) is 49.4 cm³/mol. The van der Waals surface area contributed by atoms with Gasteiger partial charge in [-0.3, -0.25) is 9.13 Å². The van der Waals surface area contributed by atoms with Crippen LogP contribution in [0.25, 0.3) is 0 Å². The first-order chi connectivity index (χ1) is 6.12. The summed E-state index contributed by atoms with van der Waals surface area (Å²) in [5.41, 5.74) is -0.590. The van der Waals surface area contributed by atoms with Crippen molar-refractivity contribution >= 4 is 16.5 Å². The molecule has 5 nitrogen and oxygen atoms in total. The molecular formula is C6H14O5P2. The van der Waals surface area contributed by atoms with Crippen molar-refractivity contribution in [2.75, 3.05) is 6.61 Å². The zero-order valence-corrected chi connectivity index (χ0v) is 9.66. The van der Waals surface area contributed by atoms with Crippen LogP contribution in [-0.2, 0) is 22.5 Å². The Morgan fingerprint density at radius 2 is 1.85 bits per heavy atom. The lowest BCUT2D eigenvalue weighted by molar-refractivity contribution is 0.0261. The van der Waals surface area contributed by atoms with Crippen LogP contribution in [0.1, 0.15) is 26.7 Å². The second-order valence-electron chi connectivity index (χ2n) is 2.88. The second kappa shape index (κ2) is 4.72. The normalized spacial score (nSPS) is 34.0. The van der Waals surface area contributed by atoms with Crippen molar-refractivity contribution in [3.63, 3.8) is 0 Å². The Bertz CT molecular complexity index is 225. The van der Waals surface area contributed by atoms with Crippen molar-refractivity contribution in [3.8, 4) is 0 Å². The molecule has 0 radical (unpaired) electrons. The van der Waals surface area contributed by atoms with Gasteiger partial charge in [-0.25, -0.2) is 4.31 Å². The smallest absolute Gasteiger partial charge is 0.307 e. The van der Waals surface area contributed by atoms with Gasteiger partial charge in [-0.05, 0) is 12.8 Å². The first-order valence-corrected chi connectivity index (χ1v) is 6.64. The highest BCUT2D eigenvalue weighted by Crippen LogP contribution is 2.48. The van der Waals surface area contributed by atoms with Crippen LogP contribution in [0.3, 0.4) is 0 Å². The average Bonchev–Trinajstić information content (AvgIpc) is 2.25. The fourth-order valence-electron chi connectivity index (χ4n) is 1.11. The first-order valence-electron chi connectivity index (χ1n) is 4.19. The van der Waals surface area contributed by atoms with Crippen molar-refractivity contribution in [2.24, 2.45) is 0 Å². The van der Waals surface area contributed by atoms with Gasteiger partial charge in [0.05, 0.1) is 6.61 Å². The SMILES string of the molecule is CCC1(CC)CO[PH](=O)O[PH](=O)O1. The van der Waals surface area contributed by atoms with E-state index >= 15 is 0 Å². The summed E-state index contributed by atoms with van der Waals surface area (Å²) in [4.78, 5) is 0. The molecular weight excluding hydrogens is 214 g/mol. The summed E-state index contributed by atoms with van der Waals surface area (Å²) in [5.74, 6) is 0. The first kappa shape index (κ1) is 11.4.